The van der Waals surface area contributed by atoms with Gasteiger partial charge >= 0.3 is 0 Å². The topological polar surface area (TPSA) is 102 Å². The van der Waals surface area contributed by atoms with E-state index in [1.807, 2.05) is 0 Å². The summed E-state index contributed by atoms with van der Waals surface area (Å²) in [6.45, 7) is 1.69. The van der Waals surface area contributed by atoms with E-state index in [0.717, 1.165) is 0 Å². The summed E-state index contributed by atoms with van der Waals surface area (Å²) < 4.78 is 0. The monoisotopic (exact) mass is 207 g/mol. The van der Waals surface area contributed by atoms with Gasteiger partial charge in [0.1, 0.15) is 5.84 Å². The molecule has 0 saturated heterocycles. The van der Waals surface area contributed by atoms with E-state index in [1.165, 1.54) is 18.3 Å². The van der Waals surface area contributed by atoms with E-state index in [-0.39, 0.29) is 17.3 Å². The Morgan fingerprint density at radius 1 is 1.40 bits per heavy atom. The van der Waals surface area contributed by atoms with Crippen LogP contribution in [0.3, 0.4) is 0 Å². The van der Waals surface area contributed by atoms with Gasteiger partial charge < -0.3 is 21.3 Å². The van der Waals surface area contributed by atoms with Crippen LogP contribution in [0, 0.1) is 5.41 Å². The minimum atomic E-state index is -0.234. The maximum absolute atomic E-state index is 9.21. The van der Waals surface area contributed by atoms with E-state index < -0.39 is 0 Å². The number of hydrogen-bond acceptors (Lipinski definition) is 4. The Morgan fingerprint density at radius 3 is 2.60 bits per heavy atom. The van der Waals surface area contributed by atoms with Crippen LogP contribution in [0.1, 0.15) is 6.92 Å². The molecule has 0 aliphatic rings. The summed E-state index contributed by atoms with van der Waals surface area (Å²) in [7, 11) is 0. The lowest BCUT2D eigenvalue weighted by atomic mass is 10.2. The smallest absolute Gasteiger partial charge is 0.159 e. The van der Waals surface area contributed by atoms with E-state index in [9.17, 15) is 5.11 Å². The van der Waals surface area contributed by atoms with Gasteiger partial charge in [0, 0.05) is 23.5 Å². The molecule has 1 aromatic carbocycles. The normalized spacial score (nSPS) is 11.1. The van der Waals surface area contributed by atoms with Crippen LogP contribution >= 0.6 is 0 Å². The van der Waals surface area contributed by atoms with Crippen molar-refractivity contribution in [3.8, 4) is 11.5 Å². The molecule has 0 aromatic heterocycles. The predicted octanol–water partition coefficient (Wildman–Crippen LogP) is 1.35. The van der Waals surface area contributed by atoms with Crippen molar-refractivity contribution in [2.45, 2.75) is 6.92 Å². The Bertz CT molecular complexity index is 413. The second-order valence-electron chi connectivity index (χ2n) is 3.05. The molecule has 5 heteroatoms. The average Bonchev–Trinajstić information content (AvgIpc) is 2.22. The van der Waals surface area contributed by atoms with Gasteiger partial charge in [-0.05, 0) is 19.1 Å². The summed E-state index contributed by atoms with van der Waals surface area (Å²) in [4.78, 5) is 0. The lowest BCUT2D eigenvalue weighted by molar-refractivity contribution is 0.404. The highest BCUT2D eigenvalue weighted by Gasteiger charge is 2.03. The lowest BCUT2D eigenvalue weighted by Crippen LogP contribution is -2.12. The molecule has 15 heavy (non-hydrogen) atoms. The number of nitrogens with two attached hydrogens (primary N) is 1. The van der Waals surface area contributed by atoms with Crippen LogP contribution < -0.4 is 11.1 Å². The second kappa shape index (κ2) is 4.36. The van der Waals surface area contributed by atoms with Crippen molar-refractivity contribution in [3.05, 3.63) is 30.0 Å². The molecule has 0 saturated carbocycles. The Balaban J connectivity index is 2.82. The number of amidine groups is 1. The van der Waals surface area contributed by atoms with E-state index in [2.05, 4.69) is 5.32 Å². The number of hydrogen-bond donors (Lipinski definition) is 5. The molecule has 0 aliphatic heterocycles. The maximum Gasteiger partial charge on any atom is 0.159 e. The molecular formula is C10H13N3O2. The Hall–Kier alpha value is -2.17. The summed E-state index contributed by atoms with van der Waals surface area (Å²) >= 11 is 0. The molecule has 80 valence electrons. The fourth-order valence-electron chi connectivity index (χ4n) is 0.927. The molecule has 0 radical (unpaired) electrons. The predicted molar refractivity (Wildman–Crippen MR) is 59.1 cm³/mol. The van der Waals surface area contributed by atoms with Gasteiger partial charge in [-0.3, -0.25) is 5.41 Å². The molecule has 0 bridgehead atoms. The van der Waals surface area contributed by atoms with Gasteiger partial charge in [-0.15, -0.1) is 0 Å². The fourth-order valence-corrected chi connectivity index (χ4v) is 0.927. The van der Waals surface area contributed by atoms with Crippen molar-refractivity contribution in [3.63, 3.8) is 0 Å². The van der Waals surface area contributed by atoms with E-state index >= 15 is 0 Å². The quantitative estimate of drug-likeness (QED) is 0.218. The van der Waals surface area contributed by atoms with Gasteiger partial charge in [0.05, 0.1) is 0 Å². The first-order valence-electron chi connectivity index (χ1n) is 4.31. The van der Waals surface area contributed by atoms with E-state index in [4.69, 9.17) is 16.2 Å². The highest BCUT2D eigenvalue weighted by molar-refractivity contribution is 6.05. The number of nitrogens with one attached hydrogen (secondary N) is 2. The van der Waals surface area contributed by atoms with Crippen LogP contribution in [0.15, 0.2) is 30.0 Å². The van der Waals surface area contributed by atoms with Crippen molar-refractivity contribution in [1.82, 2.24) is 0 Å². The van der Waals surface area contributed by atoms with Gasteiger partial charge in [0.25, 0.3) is 0 Å². The lowest BCUT2D eigenvalue weighted by Gasteiger charge is -2.08. The Labute approximate surface area is 87.4 Å². The molecule has 0 spiro atoms. The van der Waals surface area contributed by atoms with Gasteiger partial charge in [-0.25, -0.2) is 0 Å². The zero-order chi connectivity index (χ0) is 11.4. The fraction of sp³-hybridized carbons (Fsp3) is 0.100. The minimum Gasteiger partial charge on any atom is -0.504 e. The molecule has 0 atom stereocenters. The molecule has 1 rings (SSSR count). The summed E-state index contributed by atoms with van der Waals surface area (Å²) in [5.41, 5.74) is 6.34. The third-order valence-corrected chi connectivity index (χ3v) is 1.89. The van der Waals surface area contributed by atoms with Crippen molar-refractivity contribution in [2.24, 2.45) is 5.73 Å². The van der Waals surface area contributed by atoms with Crippen LogP contribution in [-0.4, -0.2) is 16.0 Å². The largest absolute Gasteiger partial charge is 0.504 e. The molecule has 1 aromatic rings. The molecule has 0 heterocycles. The van der Waals surface area contributed by atoms with Crippen molar-refractivity contribution < 1.29 is 10.2 Å². The molecule has 6 N–H and O–H groups in total. The van der Waals surface area contributed by atoms with E-state index in [1.54, 1.807) is 13.0 Å². The van der Waals surface area contributed by atoms with Gasteiger partial charge in [0.2, 0.25) is 0 Å². The van der Waals surface area contributed by atoms with Crippen LogP contribution in [0.5, 0.6) is 11.5 Å². The zero-order valence-electron chi connectivity index (χ0n) is 8.28. The summed E-state index contributed by atoms with van der Waals surface area (Å²) in [6.07, 6.45) is 1.32. The van der Waals surface area contributed by atoms with Crippen LogP contribution in [0.4, 0.5) is 5.69 Å². The first-order chi connectivity index (χ1) is 7.04. The molecular weight excluding hydrogens is 194 g/mol. The van der Waals surface area contributed by atoms with Crippen LogP contribution in [0.2, 0.25) is 0 Å². The summed E-state index contributed by atoms with van der Waals surface area (Å²) in [6, 6.07) is 4.22. The number of rotatable bonds is 2. The van der Waals surface area contributed by atoms with E-state index in [0.29, 0.717) is 11.3 Å². The maximum atomic E-state index is 9.21. The SMILES string of the molecule is C/C(=C/N)C(=N)Nc1ccc(O)c(O)c1. The molecule has 5 nitrogen and oxygen atoms in total. The van der Waals surface area contributed by atoms with Gasteiger partial charge in [-0.2, -0.15) is 0 Å². The first-order valence-corrected chi connectivity index (χ1v) is 4.31. The number of anilines is 1. The van der Waals surface area contributed by atoms with Gasteiger partial charge in [0.15, 0.2) is 11.5 Å². The number of phenols is 2. The number of phenolic OH excluding ortho intramolecular Hbond substituents is 2. The third kappa shape index (κ3) is 2.63. The second-order valence-corrected chi connectivity index (χ2v) is 3.05. The van der Waals surface area contributed by atoms with Crippen molar-refractivity contribution in [1.29, 1.82) is 5.41 Å². The number of aromatic hydroxyl groups is 2. The van der Waals surface area contributed by atoms with Gasteiger partial charge in [-0.1, -0.05) is 0 Å². The van der Waals surface area contributed by atoms with Crippen LogP contribution in [0.25, 0.3) is 0 Å². The summed E-state index contributed by atoms with van der Waals surface area (Å²) in [5, 5.41) is 28.6. The zero-order valence-corrected chi connectivity index (χ0v) is 8.28. The number of benzene rings is 1. The Morgan fingerprint density at radius 2 is 2.07 bits per heavy atom. The van der Waals surface area contributed by atoms with Crippen LogP contribution in [-0.2, 0) is 0 Å². The third-order valence-electron chi connectivity index (χ3n) is 1.89. The minimum absolute atomic E-state index is 0.141. The molecule has 0 aliphatic carbocycles. The summed E-state index contributed by atoms with van der Waals surface area (Å²) in [5.74, 6) is -0.289. The highest BCUT2D eigenvalue weighted by atomic mass is 16.3. The standard InChI is InChI=1S/C10H13N3O2/c1-6(5-11)10(12)13-7-2-3-8(14)9(15)4-7/h2-5,14-15H,11H2,1H3,(H2,12,13)/b6-5-. The van der Waals surface area contributed by atoms with Crippen molar-refractivity contribution in [2.75, 3.05) is 5.32 Å². The molecule has 0 unspecified atom stereocenters. The highest BCUT2D eigenvalue weighted by Crippen LogP contribution is 2.27. The molecule has 0 fully saturated rings. The first kappa shape index (κ1) is 10.9. The van der Waals surface area contributed by atoms with Crippen molar-refractivity contribution >= 4 is 11.5 Å². The molecule has 0 amide bonds. The average molecular weight is 207 g/mol. The Kier molecular flexibility index (Phi) is 3.17.